The Balaban J connectivity index is 3.17. The number of alkyl halides is 1. The summed E-state index contributed by atoms with van der Waals surface area (Å²) in [5.41, 5.74) is 0. The zero-order valence-electron chi connectivity index (χ0n) is 9.72. The lowest BCUT2D eigenvalue weighted by Crippen LogP contribution is -2.27. The van der Waals surface area contributed by atoms with E-state index in [4.69, 9.17) is 16.3 Å². The van der Waals surface area contributed by atoms with Gasteiger partial charge in [-0.2, -0.15) is 0 Å². The molecule has 0 aromatic carbocycles. The van der Waals surface area contributed by atoms with Crippen molar-refractivity contribution in [3.63, 3.8) is 0 Å². The van der Waals surface area contributed by atoms with E-state index in [0.717, 1.165) is 19.4 Å². The molecule has 3 nitrogen and oxygen atoms in total. The molecule has 0 aromatic rings. The number of unbranched alkanes of at least 4 members (excludes halogenated alkanes) is 1. The van der Waals surface area contributed by atoms with Crippen molar-refractivity contribution in [3.05, 3.63) is 0 Å². The lowest BCUT2D eigenvalue weighted by Gasteiger charge is -2.07. The Kier molecular flexibility index (Phi) is 10.1. The van der Waals surface area contributed by atoms with Crippen LogP contribution in [0.5, 0.6) is 0 Å². The summed E-state index contributed by atoms with van der Waals surface area (Å²) in [5, 5.41) is 2.81. The van der Waals surface area contributed by atoms with Gasteiger partial charge in [-0.05, 0) is 18.8 Å². The van der Waals surface area contributed by atoms with E-state index in [1.165, 1.54) is 0 Å². The summed E-state index contributed by atoms with van der Waals surface area (Å²) in [4.78, 5) is 11.2. The fourth-order valence-electron chi connectivity index (χ4n) is 1.05. The molecular formula is C11H22ClNO2. The zero-order chi connectivity index (χ0) is 11.5. The van der Waals surface area contributed by atoms with Crippen molar-refractivity contribution in [2.24, 2.45) is 5.92 Å². The molecule has 0 saturated carbocycles. The smallest absolute Gasteiger partial charge is 0.220 e. The quantitative estimate of drug-likeness (QED) is 0.492. The number of carbonyl (C=O) groups is 1. The van der Waals surface area contributed by atoms with Crippen LogP contribution in [-0.4, -0.2) is 31.5 Å². The molecule has 0 rings (SSSR count). The Hall–Kier alpha value is -0.280. The molecule has 15 heavy (non-hydrogen) atoms. The van der Waals surface area contributed by atoms with Gasteiger partial charge in [0.2, 0.25) is 5.91 Å². The summed E-state index contributed by atoms with van der Waals surface area (Å²) in [6.45, 7) is 6.16. The predicted octanol–water partition coefficient (Wildman–Crippen LogP) is 2.18. The Morgan fingerprint density at radius 1 is 1.40 bits per heavy atom. The molecule has 90 valence electrons. The van der Waals surface area contributed by atoms with Crippen LogP contribution in [0.2, 0.25) is 0 Å². The normalized spacial score (nSPS) is 10.7. The Morgan fingerprint density at radius 3 is 2.73 bits per heavy atom. The fraction of sp³-hybridized carbons (Fsp3) is 0.909. The van der Waals surface area contributed by atoms with Crippen molar-refractivity contribution in [2.45, 2.75) is 33.1 Å². The van der Waals surface area contributed by atoms with Crippen LogP contribution < -0.4 is 5.32 Å². The number of hydrogen-bond donors (Lipinski definition) is 1. The predicted molar refractivity (Wildman–Crippen MR) is 63.2 cm³/mol. The van der Waals surface area contributed by atoms with Gasteiger partial charge in [-0.1, -0.05) is 13.8 Å². The Labute approximate surface area is 97.5 Å². The largest absolute Gasteiger partial charge is 0.379 e. The van der Waals surface area contributed by atoms with Gasteiger partial charge in [0.15, 0.2) is 0 Å². The average Bonchev–Trinajstić information content (AvgIpc) is 2.17. The molecule has 0 unspecified atom stereocenters. The highest BCUT2D eigenvalue weighted by Gasteiger charge is 2.00. The van der Waals surface area contributed by atoms with E-state index in [9.17, 15) is 4.79 Å². The highest BCUT2D eigenvalue weighted by atomic mass is 35.5. The standard InChI is InChI=1S/C11H22ClNO2/c1-10(2)9-15-8-7-13-11(14)5-3-4-6-12/h10H,3-9H2,1-2H3,(H,13,14). The third-order valence-electron chi connectivity index (χ3n) is 1.81. The minimum atomic E-state index is 0.0910. The lowest BCUT2D eigenvalue weighted by atomic mass is 10.2. The molecule has 0 spiro atoms. The number of hydrogen-bond acceptors (Lipinski definition) is 2. The van der Waals surface area contributed by atoms with Gasteiger partial charge in [-0.3, -0.25) is 4.79 Å². The van der Waals surface area contributed by atoms with Crippen molar-refractivity contribution < 1.29 is 9.53 Å². The van der Waals surface area contributed by atoms with Crippen molar-refractivity contribution in [2.75, 3.05) is 25.6 Å². The van der Waals surface area contributed by atoms with Crippen LogP contribution in [0.4, 0.5) is 0 Å². The average molecular weight is 236 g/mol. The first-order chi connectivity index (χ1) is 7.16. The third kappa shape index (κ3) is 11.6. The van der Waals surface area contributed by atoms with Crippen LogP contribution in [0.1, 0.15) is 33.1 Å². The highest BCUT2D eigenvalue weighted by Crippen LogP contribution is 1.96. The molecule has 1 amide bonds. The minimum Gasteiger partial charge on any atom is -0.379 e. The number of amides is 1. The minimum absolute atomic E-state index is 0.0910. The van der Waals surface area contributed by atoms with Crippen LogP contribution >= 0.6 is 11.6 Å². The first-order valence-corrected chi connectivity index (χ1v) is 6.10. The molecule has 0 heterocycles. The van der Waals surface area contributed by atoms with E-state index >= 15 is 0 Å². The second-order valence-electron chi connectivity index (χ2n) is 3.96. The van der Waals surface area contributed by atoms with E-state index in [1.54, 1.807) is 0 Å². The van der Waals surface area contributed by atoms with Crippen molar-refractivity contribution in [1.82, 2.24) is 5.32 Å². The molecule has 0 atom stereocenters. The van der Waals surface area contributed by atoms with Crippen molar-refractivity contribution >= 4 is 17.5 Å². The molecule has 0 fully saturated rings. The lowest BCUT2D eigenvalue weighted by molar-refractivity contribution is -0.121. The first kappa shape index (κ1) is 14.7. The van der Waals surface area contributed by atoms with Gasteiger partial charge in [-0.15, -0.1) is 11.6 Å². The number of rotatable bonds is 9. The van der Waals surface area contributed by atoms with Gasteiger partial charge in [0.05, 0.1) is 6.61 Å². The molecule has 0 aromatic heterocycles. The topological polar surface area (TPSA) is 38.3 Å². The number of carbonyl (C=O) groups excluding carboxylic acids is 1. The second-order valence-corrected chi connectivity index (χ2v) is 4.34. The van der Waals surface area contributed by atoms with Crippen LogP contribution in [0, 0.1) is 5.92 Å². The van der Waals surface area contributed by atoms with E-state index in [-0.39, 0.29) is 5.91 Å². The molecule has 4 heteroatoms. The Bertz CT molecular complexity index is 163. The van der Waals surface area contributed by atoms with Crippen LogP contribution in [0.3, 0.4) is 0 Å². The van der Waals surface area contributed by atoms with Crippen molar-refractivity contribution in [3.8, 4) is 0 Å². The maximum absolute atomic E-state index is 11.2. The fourth-order valence-corrected chi connectivity index (χ4v) is 1.24. The summed E-state index contributed by atoms with van der Waals surface area (Å²) >= 11 is 5.51. The summed E-state index contributed by atoms with van der Waals surface area (Å²) in [6, 6.07) is 0. The van der Waals surface area contributed by atoms with E-state index in [2.05, 4.69) is 19.2 Å². The number of nitrogens with one attached hydrogen (secondary N) is 1. The van der Waals surface area contributed by atoms with Gasteiger partial charge in [0, 0.05) is 25.5 Å². The molecule has 0 aliphatic carbocycles. The van der Waals surface area contributed by atoms with E-state index < -0.39 is 0 Å². The molecule has 0 saturated heterocycles. The second kappa shape index (κ2) is 10.2. The van der Waals surface area contributed by atoms with Crippen LogP contribution in [-0.2, 0) is 9.53 Å². The molecule has 0 aliphatic heterocycles. The number of ether oxygens (including phenoxy) is 1. The van der Waals surface area contributed by atoms with Crippen molar-refractivity contribution in [1.29, 1.82) is 0 Å². The number of halogens is 1. The monoisotopic (exact) mass is 235 g/mol. The van der Waals surface area contributed by atoms with Gasteiger partial charge >= 0.3 is 0 Å². The highest BCUT2D eigenvalue weighted by molar-refractivity contribution is 6.17. The molecule has 0 radical (unpaired) electrons. The van der Waals surface area contributed by atoms with Gasteiger partial charge in [0.1, 0.15) is 0 Å². The first-order valence-electron chi connectivity index (χ1n) is 5.57. The summed E-state index contributed by atoms with van der Waals surface area (Å²) in [7, 11) is 0. The van der Waals surface area contributed by atoms with Gasteiger partial charge < -0.3 is 10.1 Å². The van der Waals surface area contributed by atoms with Gasteiger partial charge in [0.25, 0.3) is 0 Å². The molecular weight excluding hydrogens is 214 g/mol. The molecule has 0 aliphatic rings. The summed E-state index contributed by atoms with van der Waals surface area (Å²) in [5.74, 6) is 1.27. The van der Waals surface area contributed by atoms with Crippen LogP contribution in [0.25, 0.3) is 0 Å². The van der Waals surface area contributed by atoms with Crippen LogP contribution in [0.15, 0.2) is 0 Å². The summed E-state index contributed by atoms with van der Waals surface area (Å²) < 4.78 is 5.34. The van der Waals surface area contributed by atoms with E-state index in [0.29, 0.717) is 31.4 Å². The zero-order valence-corrected chi connectivity index (χ0v) is 10.5. The third-order valence-corrected chi connectivity index (χ3v) is 2.07. The maximum Gasteiger partial charge on any atom is 0.220 e. The SMILES string of the molecule is CC(C)COCCNC(=O)CCCCCl. The molecule has 1 N–H and O–H groups in total. The Morgan fingerprint density at radius 2 is 2.13 bits per heavy atom. The van der Waals surface area contributed by atoms with Gasteiger partial charge in [-0.25, -0.2) is 0 Å². The molecule has 0 bridgehead atoms. The summed E-state index contributed by atoms with van der Waals surface area (Å²) in [6.07, 6.45) is 2.33. The van der Waals surface area contributed by atoms with E-state index in [1.807, 2.05) is 0 Å². The maximum atomic E-state index is 11.2.